The van der Waals surface area contributed by atoms with Crippen LogP contribution in [-0.2, 0) is 13.1 Å². The van der Waals surface area contributed by atoms with Crippen LogP contribution in [0.4, 0.5) is 0 Å². The predicted octanol–water partition coefficient (Wildman–Crippen LogP) is 4.55. The number of hydrogen-bond acceptors (Lipinski definition) is 5. The molecule has 1 saturated heterocycles. The number of carbonyl (C=O) groups excluding carboxylic acids is 1. The fourth-order valence-electron chi connectivity index (χ4n) is 3.54. The van der Waals surface area contributed by atoms with Gasteiger partial charge in [0.15, 0.2) is 0 Å². The highest BCUT2D eigenvalue weighted by Crippen LogP contribution is 2.19. The molecule has 1 aliphatic heterocycles. The molecule has 6 nitrogen and oxygen atoms in total. The van der Waals surface area contributed by atoms with Crippen molar-refractivity contribution in [2.75, 3.05) is 13.1 Å². The molecule has 1 aliphatic rings. The molecule has 4 rings (SSSR count). The predicted molar refractivity (Wildman–Crippen MR) is 116 cm³/mol. The summed E-state index contributed by atoms with van der Waals surface area (Å²) in [6, 6.07) is 15.0. The van der Waals surface area contributed by atoms with Crippen LogP contribution in [0.1, 0.15) is 41.6 Å². The quantitative estimate of drug-likeness (QED) is 0.628. The maximum atomic E-state index is 12.4. The van der Waals surface area contributed by atoms with E-state index in [-0.39, 0.29) is 12.5 Å². The molecule has 30 heavy (non-hydrogen) atoms. The molecule has 0 saturated carbocycles. The number of nitrogens with zero attached hydrogens (tertiary/aromatic N) is 3. The van der Waals surface area contributed by atoms with Crippen molar-refractivity contribution in [3.63, 3.8) is 0 Å². The first-order chi connectivity index (χ1) is 14.6. The van der Waals surface area contributed by atoms with Gasteiger partial charge in [-0.25, -0.2) is 0 Å². The van der Waals surface area contributed by atoms with Crippen molar-refractivity contribution in [2.24, 2.45) is 5.92 Å². The zero-order valence-corrected chi connectivity index (χ0v) is 17.7. The Bertz CT molecular complexity index is 977. The number of benzene rings is 2. The maximum absolute atomic E-state index is 12.4. The van der Waals surface area contributed by atoms with E-state index in [2.05, 4.69) is 27.3 Å². The van der Waals surface area contributed by atoms with E-state index in [0.717, 1.165) is 31.1 Å². The fourth-order valence-corrected chi connectivity index (χ4v) is 3.67. The lowest BCUT2D eigenvalue weighted by atomic mass is 9.99. The lowest BCUT2D eigenvalue weighted by Crippen LogP contribution is -2.32. The van der Waals surface area contributed by atoms with Gasteiger partial charge in [0, 0.05) is 22.7 Å². The van der Waals surface area contributed by atoms with Gasteiger partial charge < -0.3 is 9.84 Å². The lowest BCUT2D eigenvalue weighted by molar-refractivity contribution is 0.0946. The number of nitrogens with one attached hydrogen (secondary N) is 1. The standard InChI is InChI=1S/C23H25ClN4O2/c1-16-10-12-28(13-11-16)15-17-2-4-19(5-3-17)23(29)25-14-21-26-22(27-30-21)18-6-8-20(24)9-7-18/h2-9,16H,10-15H2,1H3,(H,25,29). The van der Waals surface area contributed by atoms with Gasteiger partial charge in [-0.3, -0.25) is 9.69 Å². The Morgan fingerprint density at radius 1 is 1.13 bits per heavy atom. The third kappa shape index (κ3) is 5.26. The summed E-state index contributed by atoms with van der Waals surface area (Å²) in [6.45, 7) is 5.71. The van der Waals surface area contributed by atoms with Gasteiger partial charge in [0.2, 0.25) is 11.7 Å². The summed E-state index contributed by atoms with van der Waals surface area (Å²) in [7, 11) is 0. The minimum Gasteiger partial charge on any atom is -0.343 e. The molecular weight excluding hydrogens is 400 g/mol. The smallest absolute Gasteiger partial charge is 0.251 e. The van der Waals surface area contributed by atoms with Gasteiger partial charge in [0.05, 0.1) is 6.54 Å². The number of carbonyl (C=O) groups is 1. The number of rotatable bonds is 6. The first-order valence-electron chi connectivity index (χ1n) is 10.2. The van der Waals surface area contributed by atoms with E-state index < -0.39 is 0 Å². The summed E-state index contributed by atoms with van der Waals surface area (Å²) in [4.78, 5) is 19.2. The minimum atomic E-state index is -0.167. The Kier molecular flexibility index (Phi) is 6.45. The number of likely N-dealkylation sites (tertiary alicyclic amines) is 1. The molecule has 2 heterocycles. The molecule has 0 aliphatic carbocycles. The van der Waals surface area contributed by atoms with Crippen LogP contribution < -0.4 is 5.32 Å². The van der Waals surface area contributed by atoms with Crippen LogP contribution in [0, 0.1) is 5.92 Å². The second-order valence-corrected chi connectivity index (χ2v) is 8.29. The lowest BCUT2D eigenvalue weighted by Gasteiger charge is -2.30. The normalized spacial score (nSPS) is 15.3. The van der Waals surface area contributed by atoms with Crippen molar-refractivity contribution in [1.29, 1.82) is 0 Å². The average molecular weight is 425 g/mol. The molecule has 0 atom stereocenters. The van der Waals surface area contributed by atoms with Crippen molar-refractivity contribution >= 4 is 17.5 Å². The molecule has 1 fully saturated rings. The van der Waals surface area contributed by atoms with Gasteiger partial charge >= 0.3 is 0 Å². The van der Waals surface area contributed by atoms with E-state index in [1.165, 1.54) is 18.4 Å². The van der Waals surface area contributed by atoms with E-state index in [0.29, 0.717) is 22.3 Å². The van der Waals surface area contributed by atoms with E-state index in [1.54, 1.807) is 12.1 Å². The molecule has 3 aromatic rings. The summed E-state index contributed by atoms with van der Waals surface area (Å²) in [6.07, 6.45) is 2.52. The highest BCUT2D eigenvalue weighted by Gasteiger charge is 2.16. The molecule has 0 radical (unpaired) electrons. The Morgan fingerprint density at radius 3 is 2.53 bits per heavy atom. The minimum absolute atomic E-state index is 0.167. The molecule has 0 spiro atoms. The highest BCUT2D eigenvalue weighted by molar-refractivity contribution is 6.30. The first-order valence-corrected chi connectivity index (χ1v) is 10.6. The van der Waals surface area contributed by atoms with Crippen LogP contribution in [-0.4, -0.2) is 34.0 Å². The third-order valence-corrected chi connectivity index (χ3v) is 5.72. The van der Waals surface area contributed by atoms with Gasteiger partial charge in [0.1, 0.15) is 0 Å². The summed E-state index contributed by atoms with van der Waals surface area (Å²) in [5.41, 5.74) is 2.65. The van der Waals surface area contributed by atoms with Gasteiger partial charge in [-0.1, -0.05) is 35.8 Å². The number of halogens is 1. The van der Waals surface area contributed by atoms with Crippen LogP contribution >= 0.6 is 11.6 Å². The molecule has 1 amide bonds. The second kappa shape index (κ2) is 9.41. The van der Waals surface area contributed by atoms with Crippen molar-refractivity contribution in [2.45, 2.75) is 32.9 Å². The molecule has 1 aromatic heterocycles. The average Bonchev–Trinajstić information content (AvgIpc) is 3.24. The number of aromatic nitrogens is 2. The highest BCUT2D eigenvalue weighted by atomic mass is 35.5. The summed E-state index contributed by atoms with van der Waals surface area (Å²) >= 11 is 5.90. The monoisotopic (exact) mass is 424 g/mol. The number of piperidine rings is 1. The van der Waals surface area contributed by atoms with Gasteiger partial charge in [-0.05, 0) is 73.8 Å². The first kappa shape index (κ1) is 20.6. The van der Waals surface area contributed by atoms with E-state index in [9.17, 15) is 4.79 Å². The topological polar surface area (TPSA) is 71.3 Å². The number of hydrogen-bond donors (Lipinski definition) is 1. The Hall–Kier alpha value is -2.70. The van der Waals surface area contributed by atoms with Gasteiger partial charge in [-0.15, -0.1) is 0 Å². The summed E-state index contributed by atoms with van der Waals surface area (Å²) < 4.78 is 5.23. The molecule has 1 N–H and O–H groups in total. The van der Waals surface area contributed by atoms with Crippen LogP contribution in [0.5, 0.6) is 0 Å². The van der Waals surface area contributed by atoms with E-state index >= 15 is 0 Å². The largest absolute Gasteiger partial charge is 0.343 e. The third-order valence-electron chi connectivity index (χ3n) is 5.47. The fraction of sp³-hybridized carbons (Fsp3) is 0.348. The SMILES string of the molecule is CC1CCN(Cc2ccc(C(=O)NCc3nc(-c4ccc(Cl)cc4)no3)cc2)CC1. The van der Waals surface area contributed by atoms with Gasteiger partial charge in [-0.2, -0.15) is 4.98 Å². The zero-order chi connectivity index (χ0) is 20.9. The van der Waals surface area contributed by atoms with Crippen LogP contribution in [0.15, 0.2) is 53.1 Å². The van der Waals surface area contributed by atoms with Crippen LogP contribution in [0.3, 0.4) is 0 Å². The molecule has 2 aromatic carbocycles. The van der Waals surface area contributed by atoms with Crippen LogP contribution in [0.2, 0.25) is 5.02 Å². The van der Waals surface area contributed by atoms with Crippen molar-refractivity contribution in [1.82, 2.24) is 20.4 Å². The Labute approximate surface area is 181 Å². The number of amides is 1. The van der Waals surface area contributed by atoms with Crippen molar-refractivity contribution < 1.29 is 9.32 Å². The van der Waals surface area contributed by atoms with Gasteiger partial charge in [0.25, 0.3) is 5.91 Å². The second-order valence-electron chi connectivity index (χ2n) is 7.86. The molecule has 156 valence electrons. The Balaban J connectivity index is 1.29. The molecular formula is C23H25ClN4O2. The summed E-state index contributed by atoms with van der Waals surface area (Å²) in [5, 5.41) is 7.43. The van der Waals surface area contributed by atoms with E-state index in [1.807, 2.05) is 36.4 Å². The zero-order valence-electron chi connectivity index (χ0n) is 17.0. The van der Waals surface area contributed by atoms with E-state index in [4.69, 9.17) is 16.1 Å². The summed E-state index contributed by atoms with van der Waals surface area (Å²) in [5.74, 6) is 1.48. The maximum Gasteiger partial charge on any atom is 0.251 e. The molecule has 0 unspecified atom stereocenters. The van der Waals surface area contributed by atoms with Crippen molar-refractivity contribution in [3.05, 3.63) is 70.6 Å². The van der Waals surface area contributed by atoms with Crippen LogP contribution in [0.25, 0.3) is 11.4 Å². The Morgan fingerprint density at radius 2 is 1.83 bits per heavy atom. The molecule has 7 heteroatoms. The van der Waals surface area contributed by atoms with Crippen molar-refractivity contribution in [3.8, 4) is 11.4 Å². The molecule has 0 bridgehead atoms.